The fourth-order valence-electron chi connectivity index (χ4n) is 4.96. The average Bonchev–Trinajstić information content (AvgIpc) is 3.45. The van der Waals surface area contributed by atoms with Crippen LogP contribution in [0.1, 0.15) is 62.3 Å². The van der Waals surface area contributed by atoms with E-state index in [0.717, 1.165) is 24.9 Å². The number of carbonyl (C=O) groups is 1. The molecule has 3 aromatic rings. The van der Waals surface area contributed by atoms with Crippen LogP contribution in [0.2, 0.25) is 0 Å². The van der Waals surface area contributed by atoms with Crippen LogP contribution >= 0.6 is 0 Å². The Morgan fingerprint density at radius 1 is 1.10 bits per heavy atom. The van der Waals surface area contributed by atoms with Crippen LogP contribution in [-0.2, 0) is 11.3 Å². The number of H-pyrrole nitrogens is 1. The Balaban J connectivity index is 1.37. The van der Waals surface area contributed by atoms with Gasteiger partial charge in [0, 0.05) is 25.4 Å². The van der Waals surface area contributed by atoms with Crippen LogP contribution in [0, 0.1) is 5.92 Å². The number of hydrogen-bond acceptors (Lipinski definition) is 5. The van der Waals surface area contributed by atoms with Crippen molar-refractivity contribution in [2.45, 2.75) is 57.4 Å². The van der Waals surface area contributed by atoms with Crippen molar-refractivity contribution < 1.29 is 4.79 Å². The van der Waals surface area contributed by atoms with Gasteiger partial charge in [0.05, 0.1) is 6.54 Å². The maximum absolute atomic E-state index is 12.8. The maximum Gasteiger partial charge on any atom is 0.281 e. The lowest BCUT2D eigenvalue weighted by atomic mass is 9.95. The molecule has 0 bridgehead atoms. The number of nitrogens with one attached hydrogen (secondary N) is 1. The van der Waals surface area contributed by atoms with Crippen LogP contribution in [-0.4, -0.2) is 48.9 Å². The minimum absolute atomic E-state index is 0.0263. The van der Waals surface area contributed by atoms with Gasteiger partial charge in [0.15, 0.2) is 11.2 Å². The molecule has 5 rings (SSSR count). The van der Waals surface area contributed by atoms with Crippen molar-refractivity contribution in [3.8, 4) is 0 Å². The molecular formula is C23H28N6O2. The molecule has 2 fully saturated rings. The monoisotopic (exact) mass is 420 g/mol. The topological polar surface area (TPSA) is 96.8 Å². The fourth-order valence-corrected chi connectivity index (χ4v) is 4.96. The third-order valence-corrected chi connectivity index (χ3v) is 6.67. The zero-order valence-corrected chi connectivity index (χ0v) is 17.7. The van der Waals surface area contributed by atoms with Crippen molar-refractivity contribution in [1.82, 2.24) is 29.9 Å². The quantitative estimate of drug-likeness (QED) is 0.685. The molecule has 2 aromatic heterocycles. The van der Waals surface area contributed by atoms with E-state index in [1.54, 1.807) is 4.68 Å². The number of piperidine rings is 1. The molecule has 0 unspecified atom stereocenters. The highest BCUT2D eigenvalue weighted by atomic mass is 16.2. The summed E-state index contributed by atoms with van der Waals surface area (Å²) < 4.78 is 1.68. The van der Waals surface area contributed by atoms with Gasteiger partial charge in [0.1, 0.15) is 5.82 Å². The summed E-state index contributed by atoms with van der Waals surface area (Å²) in [5, 5.41) is 8.20. The van der Waals surface area contributed by atoms with Gasteiger partial charge in [-0.3, -0.25) is 9.59 Å². The van der Waals surface area contributed by atoms with Gasteiger partial charge in [-0.2, -0.15) is 0 Å². The van der Waals surface area contributed by atoms with E-state index in [-0.39, 0.29) is 22.9 Å². The number of amides is 1. The summed E-state index contributed by atoms with van der Waals surface area (Å²) in [6.45, 7) is 1.91. The standard InChI is InChI=1S/C23H28N6O2/c30-19(13-16-7-4-5-8-16)28-12-6-11-18(15-28)21-24-22-20(23(31)25-21)26-27-29(22)14-17-9-2-1-3-10-17/h1-3,9-10,16,18H,4-8,11-15H2,(H,24,25,31)/t18-/m1/s1. The van der Waals surface area contributed by atoms with Crippen molar-refractivity contribution in [2.24, 2.45) is 5.92 Å². The number of fused-ring (bicyclic) bond motifs is 1. The van der Waals surface area contributed by atoms with Gasteiger partial charge in [0.25, 0.3) is 5.56 Å². The molecular weight excluding hydrogens is 392 g/mol. The molecule has 1 saturated carbocycles. The van der Waals surface area contributed by atoms with Gasteiger partial charge < -0.3 is 9.88 Å². The molecule has 8 nitrogen and oxygen atoms in total. The Hall–Kier alpha value is -3.03. The predicted molar refractivity (Wildman–Crippen MR) is 117 cm³/mol. The first kappa shape index (κ1) is 19.9. The normalized spacial score (nSPS) is 19.9. The van der Waals surface area contributed by atoms with E-state index in [1.807, 2.05) is 35.2 Å². The molecule has 1 atom stereocenters. The average molecular weight is 421 g/mol. The summed E-state index contributed by atoms with van der Waals surface area (Å²) in [6.07, 6.45) is 7.32. The Labute approximate surface area is 180 Å². The Bertz CT molecular complexity index is 1120. The lowest BCUT2D eigenvalue weighted by Crippen LogP contribution is -2.40. The number of likely N-dealkylation sites (tertiary alicyclic amines) is 1. The molecule has 1 aliphatic heterocycles. The van der Waals surface area contributed by atoms with Crippen LogP contribution in [0.3, 0.4) is 0 Å². The summed E-state index contributed by atoms with van der Waals surface area (Å²) in [4.78, 5) is 35.1. The van der Waals surface area contributed by atoms with Gasteiger partial charge in [-0.25, -0.2) is 9.67 Å². The van der Waals surface area contributed by atoms with Crippen molar-refractivity contribution in [1.29, 1.82) is 0 Å². The van der Waals surface area contributed by atoms with Gasteiger partial charge in [-0.05, 0) is 37.2 Å². The Kier molecular flexibility index (Phi) is 5.53. The third-order valence-electron chi connectivity index (χ3n) is 6.67. The number of aromatic amines is 1. The van der Waals surface area contributed by atoms with Gasteiger partial charge in [-0.1, -0.05) is 48.4 Å². The molecule has 1 aliphatic carbocycles. The van der Waals surface area contributed by atoms with E-state index in [4.69, 9.17) is 4.98 Å². The first-order chi connectivity index (χ1) is 15.2. The molecule has 31 heavy (non-hydrogen) atoms. The summed E-state index contributed by atoms with van der Waals surface area (Å²) in [5.41, 5.74) is 1.55. The number of hydrogen-bond donors (Lipinski definition) is 1. The Morgan fingerprint density at radius 2 is 1.90 bits per heavy atom. The van der Waals surface area contributed by atoms with E-state index in [0.29, 0.717) is 36.9 Å². The molecule has 162 valence electrons. The number of aromatic nitrogens is 5. The molecule has 1 aromatic carbocycles. The van der Waals surface area contributed by atoms with E-state index >= 15 is 0 Å². The highest BCUT2D eigenvalue weighted by Gasteiger charge is 2.29. The lowest BCUT2D eigenvalue weighted by molar-refractivity contribution is -0.133. The second-order valence-corrected chi connectivity index (χ2v) is 8.89. The molecule has 2 aliphatic rings. The first-order valence-electron chi connectivity index (χ1n) is 11.3. The smallest absolute Gasteiger partial charge is 0.281 e. The van der Waals surface area contributed by atoms with Gasteiger partial charge >= 0.3 is 0 Å². The van der Waals surface area contributed by atoms with E-state index in [1.165, 1.54) is 25.7 Å². The van der Waals surface area contributed by atoms with Crippen molar-refractivity contribution in [2.75, 3.05) is 13.1 Å². The van der Waals surface area contributed by atoms with Crippen LogP contribution < -0.4 is 5.56 Å². The van der Waals surface area contributed by atoms with Crippen molar-refractivity contribution >= 4 is 17.1 Å². The third kappa shape index (κ3) is 4.24. The number of rotatable bonds is 5. The molecule has 1 saturated heterocycles. The number of benzene rings is 1. The number of carbonyl (C=O) groups excluding carboxylic acids is 1. The predicted octanol–water partition coefficient (Wildman–Crippen LogP) is 2.85. The van der Waals surface area contributed by atoms with Crippen LogP contribution in [0.25, 0.3) is 11.2 Å². The summed E-state index contributed by atoms with van der Waals surface area (Å²) >= 11 is 0. The molecule has 0 radical (unpaired) electrons. The second kappa shape index (κ2) is 8.61. The highest BCUT2D eigenvalue weighted by Crippen LogP contribution is 2.30. The second-order valence-electron chi connectivity index (χ2n) is 8.89. The molecule has 3 heterocycles. The van der Waals surface area contributed by atoms with Crippen molar-refractivity contribution in [3.63, 3.8) is 0 Å². The van der Waals surface area contributed by atoms with Crippen LogP contribution in [0.4, 0.5) is 0 Å². The molecule has 1 amide bonds. The zero-order valence-electron chi connectivity index (χ0n) is 17.7. The van der Waals surface area contributed by atoms with Crippen LogP contribution in [0.15, 0.2) is 35.1 Å². The van der Waals surface area contributed by atoms with Gasteiger partial charge in [-0.15, -0.1) is 5.10 Å². The first-order valence-corrected chi connectivity index (χ1v) is 11.3. The lowest BCUT2D eigenvalue weighted by Gasteiger charge is -2.33. The van der Waals surface area contributed by atoms with E-state index < -0.39 is 0 Å². The SMILES string of the molecule is O=C(CC1CCCC1)N1CCC[C@@H](c2nc3c(nnn3Cc3ccccc3)c(=O)[nH]2)C1. The largest absolute Gasteiger partial charge is 0.342 e. The molecule has 0 spiro atoms. The zero-order chi connectivity index (χ0) is 21.2. The summed E-state index contributed by atoms with van der Waals surface area (Å²) in [6, 6.07) is 9.93. The van der Waals surface area contributed by atoms with E-state index in [2.05, 4.69) is 15.3 Å². The van der Waals surface area contributed by atoms with Crippen molar-refractivity contribution in [3.05, 3.63) is 52.1 Å². The van der Waals surface area contributed by atoms with Crippen LogP contribution in [0.5, 0.6) is 0 Å². The number of nitrogens with zero attached hydrogens (tertiary/aromatic N) is 5. The fraction of sp³-hybridized carbons (Fsp3) is 0.522. The molecule has 8 heteroatoms. The minimum atomic E-state index is -0.270. The molecule has 1 N–H and O–H groups in total. The van der Waals surface area contributed by atoms with Gasteiger partial charge in [0.2, 0.25) is 5.91 Å². The maximum atomic E-state index is 12.8. The highest BCUT2D eigenvalue weighted by molar-refractivity contribution is 5.76. The van der Waals surface area contributed by atoms with E-state index in [9.17, 15) is 9.59 Å². The summed E-state index contributed by atoms with van der Waals surface area (Å²) in [5.74, 6) is 1.45. The minimum Gasteiger partial charge on any atom is -0.342 e. The Morgan fingerprint density at radius 3 is 2.71 bits per heavy atom. The summed E-state index contributed by atoms with van der Waals surface area (Å²) in [7, 11) is 0.